The second kappa shape index (κ2) is 22.7. The number of hydrogen-bond acceptors (Lipinski definition) is 9. The summed E-state index contributed by atoms with van der Waals surface area (Å²) >= 11 is 0. The van der Waals surface area contributed by atoms with Gasteiger partial charge in [0.1, 0.15) is 0 Å². The summed E-state index contributed by atoms with van der Waals surface area (Å²) in [4.78, 5) is 25.0. The van der Waals surface area contributed by atoms with Gasteiger partial charge in [-0.1, -0.05) is 0 Å². The van der Waals surface area contributed by atoms with Crippen molar-refractivity contribution in [3.8, 4) is 0 Å². The summed E-state index contributed by atoms with van der Waals surface area (Å²) in [6.07, 6.45) is -7.00. The largest absolute Gasteiger partial charge is 3.00 e. The smallest absolute Gasteiger partial charge is 0.652 e. The molecule has 0 saturated heterocycles. The molecular weight excluding hydrogens is 564 g/mol. The van der Waals surface area contributed by atoms with Gasteiger partial charge in [0.25, 0.3) is 0 Å². The third kappa shape index (κ3) is 1430. The van der Waals surface area contributed by atoms with Crippen molar-refractivity contribution in [2.24, 2.45) is 0 Å². The third-order valence-corrected chi connectivity index (χ3v) is 0. The molecule has 0 spiro atoms. The van der Waals surface area contributed by atoms with E-state index in [2.05, 4.69) is 0 Å². The molecule has 14 heavy (non-hydrogen) atoms. The molecule has 0 saturated carbocycles. The number of rotatable bonds is 0. The Hall–Kier alpha value is -0.891. The zero-order valence-corrected chi connectivity index (χ0v) is 10.6. The molecule has 0 unspecified atom stereocenters. The van der Waals surface area contributed by atoms with Crippen molar-refractivity contribution >= 4 is 18.5 Å². The van der Waals surface area contributed by atoms with Crippen molar-refractivity contribution in [3.63, 3.8) is 0 Å². The fourth-order valence-electron chi connectivity index (χ4n) is 0. The third-order valence-electron chi connectivity index (χ3n) is 0. The van der Waals surface area contributed by atoms with Gasteiger partial charge < -0.3 is 45.0 Å². The monoisotopic (exact) mass is 566 g/mol. The summed E-state index contributed by atoms with van der Waals surface area (Å²) in [5.41, 5.74) is 0. The van der Waals surface area contributed by atoms with E-state index in [0.29, 0.717) is 0 Å². The second-order valence-electron chi connectivity index (χ2n) is 0.750. The van der Waals surface area contributed by atoms with Gasteiger partial charge in [-0.25, -0.2) is 0 Å². The quantitative estimate of drug-likeness (QED) is 0.275. The van der Waals surface area contributed by atoms with Crippen LogP contribution in [0.25, 0.3) is 0 Å². The number of carbonyl (C=O) groups is 3. The molecule has 0 atom stereocenters. The van der Waals surface area contributed by atoms with Crippen LogP contribution in [0.1, 0.15) is 0 Å². The van der Waals surface area contributed by atoms with Crippen molar-refractivity contribution in [1.29, 1.82) is 0 Å². The molecule has 0 radical (unpaired) electrons. The van der Waals surface area contributed by atoms with Crippen LogP contribution in [-0.4, -0.2) is 18.5 Å². The summed E-state index contributed by atoms with van der Waals surface area (Å²) in [6.45, 7) is 0. The van der Waals surface area contributed by atoms with E-state index in [4.69, 9.17) is 45.0 Å². The summed E-state index contributed by atoms with van der Waals surface area (Å²) in [5.74, 6) is 0. The number of hydrogen-bond donors (Lipinski definition) is 0. The summed E-state index contributed by atoms with van der Waals surface area (Å²) < 4.78 is 0. The molecule has 0 aromatic carbocycles. The van der Waals surface area contributed by atoms with Crippen LogP contribution in [0.5, 0.6) is 0 Å². The standard InChI is InChI=1S/3CH2O3.2Ir/c3*2-1(3)4;;/h3*(H2,2,3,4);;/q;;;2*+3/p-6. The average molecular weight is 564 g/mol. The first-order chi connectivity index (χ1) is 5.20. The minimum atomic E-state index is -2.33. The van der Waals surface area contributed by atoms with E-state index in [1.807, 2.05) is 0 Å². The molecule has 0 aliphatic heterocycles. The molecule has 9 nitrogen and oxygen atoms in total. The van der Waals surface area contributed by atoms with Gasteiger partial charge >= 0.3 is 40.2 Å². The van der Waals surface area contributed by atoms with Crippen LogP contribution in [0.15, 0.2) is 0 Å². The first-order valence-corrected chi connectivity index (χ1v) is 1.84. The first kappa shape index (κ1) is 29.2. The maximum atomic E-state index is 8.33. The zero-order chi connectivity index (χ0) is 10.7. The van der Waals surface area contributed by atoms with Crippen LogP contribution >= 0.6 is 0 Å². The molecule has 0 amide bonds. The van der Waals surface area contributed by atoms with Gasteiger partial charge in [-0.3, -0.25) is 0 Å². The van der Waals surface area contributed by atoms with Crippen molar-refractivity contribution in [2.45, 2.75) is 0 Å². The Morgan fingerprint density at radius 2 is 0.500 bits per heavy atom. The molecule has 0 rings (SSSR count). The second-order valence-corrected chi connectivity index (χ2v) is 0.750. The van der Waals surface area contributed by atoms with Crippen molar-refractivity contribution in [1.82, 2.24) is 0 Å². The minimum absolute atomic E-state index is 0. The fraction of sp³-hybridized carbons (Fsp3) is 0. The van der Waals surface area contributed by atoms with Gasteiger partial charge in [-0.05, 0) is 18.5 Å². The molecule has 0 bridgehead atoms. The van der Waals surface area contributed by atoms with E-state index in [-0.39, 0.29) is 40.2 Å². The van der Waals surface area contributed by atoms with E-state index >= 15 is 0 Å². The number of carboxylic acid groups (broad SMARTS) is 6. The first-order valence-electron chi connectivity index (χ1n) is 1.84. The Balaban J connectivity index is -0.0000000270. The van der Waals surface area contributed by atoms with Gasteiger partial charge in [0.05, 0.1) is 0 Å². The van der Waals surface area contributed by atoms with Crippen LogP contribution in [0, 0.1) is 0 Å². The van der Waals surface area contributed by atoms with Gasteiger partial charge in [0.15, 0.2) is 0 Å². The Morgan fingerprint density at radius 3 is 0.500 bits per heavy atom. The zero-order valence-electron chi connectivity index (χ0n) is 5.84. The molecule has 0 aliphatic rings. The van der Waals surface area contributed by atoms with Crippen LogP contribution < -0.4 is 30.6 Å². The van der Waals surface area contributed by atoms with Crippen LogP contribution in [0.4, 0.5) is 14.4 Å². The van der Waals surface area contributed by atoms with Gasteiger partial charge in [0, 0.05) is 0 Å². The topological polar surface area (TPSA) is 190 Å². The Morgan fingerprint density at radius 1 is 0.500 bits per heavy atom. The maximum Gasteiger partial charge on any atom is 3.00 e. The fourth-order valence-corrected chi connectivity index (χ4v) is 0. The predicted octanol–water partition coefficient (Wildman–Crippen LogP) is -7.35. The Bertz CT molecular complexity index is 116. The molecule has 0 fully saturated rings. The molecule has 0 aromatic rings. The van der Waals surface area contributed by atoms with E-state index in [9.17, 15) is 0 Å². The van der Waals surface area contributed by atoms with Crippen LogP contribution in [-0.2, 0) is 40.2 Å². The SMILES string of the molecule is O=C([O-])[O-].O=C([O-])[O-].O=C([O-])[O-].[Ir+3].[Ir+3]. The molecular formula is C3Ir2O9. The van der Waals surface area contributed by atoms with E-state index in [1.165, 1.54) is 0 Å². The van der Waals surface area contributed by atoms with Gasteiger partial charge in [-0.15, -0.1) is 0 Å². The van der Waals surface area contributed by atoms with Crippen LogP contribution in [0.2, 0.25) is 0 Å². The predicted molar refractivity (Wildman–Crippen MR) is 16.2 cm³/mol. The minimum Gasteiger partial charge on any atom is -0.652 e. The van der Waals surface area contributed by atoms with Crippen molar-refractivity contribution in [3.05, 3.63) is 0 Å². The average Bonchev–Trinajstić information content (AvgIpc) is 1.54. The Kier molecular flexibility index (Phi) is 47.5. The summed E-state index contributed by atoms with van der Waals surface area (Å²) in [5, 5.41) is 50.0. The molecule has 0 heterocycles. The van der Waals surface area contributed by atoms with E-state index < -0.39 is 18.5 Å². The Labute approximate surface area is 104 Å². The van der Waals surface area contributed by atoms with Crippen LogP contribution in [0.3, 0.4) is 0 Å². The van der Waals surface area contributed by atoms with Crippen molar-refractivity contribution < 1.29 is 85.2 Å². The summed E-state index contributed by atoms with van der Waals surface area (Å²) in [6, 6.07) is 0. The van der Waals surface area contributed by atoms with Gasteiger partial charge in [-0.2, -0.15) is 0 Å². The number of carbonyl (C=O) groups excluding carboxylic acids is 3. The molecule has 84 valence electrons. The normalized spacial score (nSPS) is 5.14. The van der Waals surface area contributed by atoms with Crippen molar-refractivity contribution in [2.75, 3.05) is 0 Å². The molecule has 0 N–H and O–H groups in total. The maximum absolute atomic E-state index is 8.33. The van der Waals surface area contributed by atoms with Gasteiger partial charge in [0.2, 0.25) is 0 Å². The van der Waals surface area contributed by atoms with E-state index in [0.717, 1.165) is 0 Å². The molecule has 11 heteroatoms. The molecule has 0 aromatic heterocycles. The van der Waals surface area contributed by atoms with E-state index in [1.54, 1.807) is 0 Å². The summed E-state index contributed by atoms with van der Waals surface area (Å²) in [7, 11) is 0. The molecule has 0 aliphatic carbocycles.